The number of amides is 1. The van der Waals surface area contributed by atoms with Gasteiger partial charge in [0, 0.05) is 18.7 Å². The minimum Gasteiger partial charge on any atom is -0.486 e. The lowest BCUT2D eigenvalue weighted by molar-refractivity contribution is -0.119. The molecule has 4 heterocycles. The monoisotopic (exact) mass is 451 g/mol. The van der Waals surface area contributed by atoms with Gasteiger partial charge in [-0.25, -0.2) is 13.4 Å². The molecule has 0 aliphatic carbocycles. The lowest BCUT2D eigenvalue weighted by Gasteiger charge is -2.22. The average Bonchev–Trinajstić information content (AvgIpc) is 3.46. The van der Waals surface area contributed by atoms with Crippen LogP contribution in [0.15, 0.2) is 33.9 Å². The Morgan fingerprint density at radius 1 is 1.24 bits per heavy atom. The van der Waals surface area contributed by atoms with Crippen molar-refractivity contribution < 1.29 is 22.7 Å². The summed E-state index contributed by atoms with van der Waals surface area (Å²) in [5.41, 5.74) is 0.698. The number of hydrogen-bond donors (Lipinski definition) is 1. The molecule has 152 valence electrons. The fourth-order valence-electron chi connectivity index (χ4n) is 3.52. The van der Waals surface area contributed by atoms with E-state index in [1.54, 1.807) is 23.6 Å². The molecule has 29 heavy (non-hydrogen) atoms. The number of fused-ring (bicyclic) bond motifs is 2. The standard InChI is InChI=1S/C18H17N3O5S3/c22-17(12-3-1-5-21(12)29(23,24)16-4-2-8-27-16)20-18-19-11-9-13-14(10-15(11)28-18)26-7-6-25-13/h2,4,8-10,12H,1,3,5-7H2,(H,19,20,22). The second kappa shape index (κ2) is 7.24. The summed E-state index contributed by atoms with van der Waals surface area (Å²) in [6.45, 7) is 1.32. The van der Waals surface area contributed by atoms with Crippen LogP contribution in [-0.4, -0.2) is 49.4 Å². The van der Waals surface area contributed by atoms with Gasteiger partial charge in [0.15, 0.2) is 16.6 Å². The molecule has 5 rings (SSSR count). The molecule has 1 aromatic carbocycles. The molecule has 0 radical (unpaired) electrons. The van der Waals surface area contributed by atoms with Crippen molar-refractivity contribution in [3.63, 3.8) is 0 Å². The first kappa shape index (κ1) is 18.8. The lowest BCUT2D eigenvalue weighted by Crippen LogP contribution is -2.42. The number of nitrogens with one attached hydrogen (secondary N) is 1. The number of benzene rings is 1. The van der Waals surface area contributed by atoms with Gasteiger partial charge in [-0.2, -0.15) is 4.31 Å². The van der Waals surface area contributed by atoms with Crippen LogP contribution in [0, 0.1) is 0 Å². The number of sulfonamides is 1. The molecule has 1 unspecified atom stereocenters. The van der Waals surface area contributed by atoms with Gasteiger partial charge in [-0.3, -0.25) is 4.79 Å². The maximum absolute atomic E-state index is 12.9. The third-order valence-electron chi connectivity index (χ3n) is 4.85. The van der Waals surface area contributed by atoms with Gasteiger partial charge in [0.25, 0.3) is 10.0 Å². The zero-order valence-electron chi connectivity index (χ0n) is 15.2. The van der Waals surface area contributed by atoms with Crippen molar-refractivity contribution in [2.24, 2.45) is 0 Å². The van der Waals surface area contributed by atoms with E-state index in [0.29, 0.717) is 54.7 Å². The van der Waals surface area contributed by atoms with E-state index in [4.69, 9.17) is 9.47 Å². The van der Waals surface area contributed by atoms with Gasteiger partial charge in [-0.15, -0.1) is 11.3 Å². The van der Waals surface area contributed by atoms with Crippen LogP contribution in [0.1, 0.15) is 12.8 Å². The molecule has 0 saturated carbocycles. The van der Waals surface area contributed by atoms with Crippen LogP contribution in [0.4, 0.5) is 5.13 Å². The number of hydrogen-bond acceptors (Lipinski definition) is 8. The van der Waals surface area contributed by atoms with Gasteiger partial charge < -0.3 is 14.8 Å². The normalized spacial score (nSPS) is 19.5. The maximum atomic E-state index is 12.9. The summed E-state index contributed by atoms with van der Waals surface area (Å²) in [4.78, 5) is 17.3. The van der Waals surface area contributed by atoms with E-state index in [0.717, 1.165) is 16.0 Å². The van der Waals surface area contributed by atoms with Gasteiger partial charge >= 0.3 is 0 Å². The Bertz CT molecular complexity index is 1130. The molecule has 3 aromatic rings. The van der Waals surface area contributed by atoms with Crippen molar-refractivity contribution in [2.45, 2.75) is 23.1 Å². The molecule has 1 N–H and O–H groups in total. The number of anilines is 1. The number of carbonyl (C=O) groups excluding carboxylic acids is 1. The van der Waals surface area contributed by atoms with Crippen LogP contribution < -0.4 is 14.8 Å². The smallest absolute Gasteiger partial charge is 0.253 e. The summed E-state index contributed by atoms with van der Waals surface area (Å²) in [6.07, 6.45) is 1.13. The molecule has 1 amide bonds. The van der Waals surface area contributed by atoms with Crippen molar-refractivity contribution in [3.05, 3.63) is 29.6 Å². The lowest BCUT2D eigenvalue weighted by atomic mass is 10.2. The molecule has 11 heteroatoms. The molecule has 8 nitrogen and oxygen atoms in total. The molecular weight excluding hydrogens is 434 g/mol. The van der Waals surface area contributed by atoms with Crippen molar-refractivity contribution >= 4 is 54.0 Å². The zero-order chi connectivity index (χ0) is 20.0. The summed E-state index contributed by atoms with van der Waals surface area (Å²) < 4.78 is 39.3. The second-order valence-corrected chi connectivity index (χ2v) is 10.8. The largest absolute Gasteiger partial charge is 0.486 e. The SMILES string of the molecule is O=C(Nc1nc2cc3c(cc2s1)OCCO3)C1CCCN1S(=O)(=O)c1cccs1. The van der Waals surface area contributed by atoms with Crippen molar-refractivity contribution in [1.82, 2.24) is 9.29 Å². The number of thiophene rings is 1. The number of thiazole rings is 1. The Hall–Kier alpha value is -2.21. The van der Waals surface area contributed by atoms with Crippen molar-refractivity contribution in [1.29, 1.82) is 0 Å². The Labute approximate surface area is 175 Å². The highest BCUT2D eigenvalue weighted by Crippen LogP contribution is 2.38. The van der Waals surface area contributed by atoms with Crippen LogP contribution in [0.5, 0.6) is 11.5 Å². The topological polar surface area (TPSA) is 97.8 Å². The molecule has 2 aromatic heterocycles. The van der Waals surface area contributed by atoms with Crippen LogP contribution >= 0.6 is 22.7 Å². The second-order valence-electron chi connectivity index (χ2n) is 6.68. The highest BCUT2D eigenvalue weighted by Gasteiger charge is 2.40. The van der Waals surface area contributed by atoms with E-state index in [1.807, 2.05) is 6.07 Å². The highest BCUT2D eigenvalue weighted by atomic mass is 32.2. The van der Waals surface area contributed by atoms with Gasteiger partial charge in [0.1, 0.15) is 23.5 Å². The van der Waals surface area contributed by atoms with Crippen molar-refractivity contribution in [3.8, 4) is 11.5 Å². The Morgan fingerprint density at radius 2 is 2.03 bits per heavy atom. The molecule has 0 spiro atoms. The molecular formula is C18H17N3O5S3. The number of aromatic nitrogens is 1. The minimum atomic E-state index is -3.68. The first-order valence-corrected chi connectivity index (χ1v) is 12.2. The highest BCUT2D eigenvalue weighted by molar-refractivity contribution is 7.91. The predicted octanol–water partition coefficient (Wildman–Crippen LogP) is 2.92. The Morgan fingerprint density at radius 3 is 2.79 bits per heavy atom. The number of ether oxygens (including phenoxy) is 2. The summed E-state index contributed by atoms with van der Waals surface area (Å²) in [5, 5.41) is 4.93. The summed E-state index contributed by atoms with van der Waals surface area (Å²) in [5.74, 6) is 0.934. The predicted molar refractivity (Wildman–Crippen MR) is 110 cm³/mol. The van der Waals surface area contributed by atoms with Crippen LogP contribution in [0.2, 0.25) is 0 Å². The van der Waals surface area contributed by atoms with E-state index >= 15 is 0 Å². The maximum Gasteiger partial charge on any atom is 0.253 e. The molecule has 1 saturated heterocycles. The Kier molecular flexibility index (Phi) is 4.69. The van der Waals surface area contributed by atoms with Crippen LogP contribution in [0.25, 0.3) is 10.2 Å². The quantitative estimate of drug-likeness (QED) is 0.655. The van der Waals surface area contributed by atoms with E-state index in [1.165, 1.54) is 15.6 Å². The minimum absolute atomic E-state index is 0.253. The van der Waals surface area contributed by atoms with Gasteiger partial charge in [0.2, 0.25) is 5.91 Å². The van der Waals surface area contributed by atoms with Crippen molar-refractivity contribution in [2.75, 3.05) is 25.1 Å². The third-order valence-corrected chi connectivity index (χ3v) is 9.06. The summed E-state index contributed by atoms with van der Waals surface area (Å²) in [7, 11) is -3.68. The first-order chi connectivity index (χ1) is 14.0. The fourth-order valence-corrected chi connectivity index (χ4v) is 7.18. The van der Waals surface area contributed by atoms with Gasteiger partial charge in [0.05, 0.1) is 10.2 Å². The number of rotatable bonds is 4. The van der Waals surface area contributed by atoms with E-state index in [-0.39, 0.29) is 10.1 Å². The summed E-state index contributed by atoms with van der Waals surface area (Å²) in [6, 6.07) is 6.15. The Balaban J connectivity index is 1.38. The third kappa shape index (κ3) is 3.37. The van der Waals surface area contributed by atoms with E-state index in [9.17, 15) is 13.2 Å². The molecule has 1 fully saturated rings. The van der Waals surface area contributed by atoms with Gasteiger partial charge in [-0.05, 0) is 24.3 Å². The summed E-state index contributed by atoms with van der Waals surface area (Å²) >= 11 is 2.47. The zero-order valence-corrected chi connectivity index (χ0v) is 17.6. The number of nitrogens with zero attached hydrogens (tertiary/aromatic N) is 2. The van der Waals surface area contributed by atoms with E-state index < -0.39 is 16.1 Å². The molecule has 1 atom stereocenters. The van der Waals surface area contributed by atoms with Gasteiger partial charge in [-0.1, -0.05) is 17.4 Å². The molecule has 2 aliphatic rings. The van der Waals surface area contributed by atoms with Crippen LogP contribution in [0.3, 0.4) is 0 Å². The average molecular weight is 452 g/mol. The van der Waals surface area contributed by atoms with E-state index in [2.05, 4.69) is 10.3 Å². The fraction of sp³-hybridized carbons (Fsp3) is 0.333. The first-order valence-electron chi connectivity index (χ1n) is 9.09. The number of carbonyl (C=O) groups is 1. The molecule has 0 bridgehead atoms. The molecule has 2 aliphatic heterocycles. The van der Waals surface area contributed by atoms with Crippen LogP contribution in [-0.2, 0) is 14.8 Å².